The van der Waals surface area contributed by atoms with Gasteiger partial charge in [0.25, 0.3) is 0 Å². The van der Waals surface area contributed by atoms with Crippen LogP contribution in [0.25, 0.3) is 0 Å². The Morgan fingerprint density at radius 3 is 1.03 bits per heavy atom. The van der Waals surface area contributed by atoms with Crippen molar-refractivity contribution in [2.45, 2.75) is 117 Å². The minimum absolute atomic E-state index is 0.165. The first-order valence-electron chi connectivity index (χ1n) is 22.3. The van der Waals surface area contributed by atoms with Gasteiger partial charge in [0.15, 0.2) is 12.6 Å². The van der Waals surface area contributed by atoms with Gasteiger partial charge in [0.05, 0.1) is 63.7 Å². The molecule has 0 saturated carbocycles. The van der Waals surface area contributed by atoms with Gasteiger partial charge in [-0.2, -0.15) is 0 Å². The molecule has 6 rings (SSSR count). The van der Waals surface area contributed by atoms with E-state index < -0.39 is 0 Å². The van der Waals surface area contributed by atoms with Crippen molar-refractivity contribution in [3.8, 4) is 23.0 Å². The molecule has 2 aliphatic heterocycles. The minimum atomic E-state index is -0.325. The number of unbranched alkanes of at least 4 members (excludes halogenated alkanes) is 3. The van der Waals surface area contributed by atoms with E-state index in [4.69, 9.17) is 37.9 Å². The summed E-state index contributed by atoms with van der Waals surface area (Å²) in [6.45, 7) is 23.2. The molecule has 0 N–H and O–H groups in total. The molecule has 8 heteroatoms. The van der Waals surface area contributed by atoms with Crippen LogP contribution < -0.4 is 18.9 Å². The van der Waals surface area contributed by atoms with E-state index in [9.17, 15) is 0 Å². The Kier molecular flexibility index (Phi) is 15.6. The smallest absolute Gasteiger partial charge is 0.196 e. The fourth-order valence-electron chi connectivity index (χ4n) is 7.71. The van der Waals surface area contributed by atoms with Crippen molar-refractivity contribution in [1.29, 1.82) is 0 Å². The maximum absolute atomic E-state index is 6.12. The number of ether oxygens (including phenoxy) is 8. The SMILES string of the molecule is CCC1(COc2ccc(C(C)(C)c3ccc(OC(C)OCCCCCCOC(C)Oc4ccc(C(C)(C)c5ccc(OCC6(CC)COC6)cc5)cc4)cc3)cc2)COC1. The Bertz CT molecular complexity index is 1710. The van der Waals surface area contributed by atoms with Crippen LogP contribution in [0.3, 0.4) is 0 Å². The van der Waals surface area contributed by atoms with Gasteiger partial charge in [-0.05, 0) is 110 Å². The second-order valence-corrected chi connectivity index (χ2v) is 18.1. The highest BCUT2D eigenvalue weighted by Crippen LogP contribution is 2.37. The van der Waals surface area contributed by atoms with Crippen LogP contribution in [0.4, 0.5) is 0 Å². The molecule has 326 valence electrons. The van der Waals surface area contributed by atoms with Gasteiger partial charge in [0, 0.05) is 10.8 Å². The van der Waals surface area contributed by atoms with Gasteiger partial charge in [-0.1, -0.05) is 103 Å². The predicted octanol–water partition coefficient (Wildman–Crippen LogP) is 11.7. The molecule has 2 unspecified atom stereocenters. The third kappa shape index (κ3) is 11.8. The average Bonchev–Trinajstić information content (AvgIpc) is 3.22. The van der Waals surface area contributed by atoms with Gasteiger partial charge in [-0.25, -0.2) is 0 Å². The number of hydrogen-bond acceptors (Lipinski definition) is 8. The molecule has 2 saturated heterocycles. The zero-order chi connectivity index (χ0) is 42.6. The third-order valence-electron chi connectivity index (χ3n) is 12.9. The number of hydrogen-bond donors (Lipinski definition) is 0. The molecule has 60 heavy (non-hydrogen) atoms. The number of rotatable bonds is 25. The Balaban J connectivity index is 0.819. The normalized spacial score (nSPS) is 16.9. The fourth-order valence-corrected chi connectivity index (χ4v) is 7.71. The van der Waals surface area contributed by atoms with Crippen molar-refractivity contribution in [1.82, 2.24) is 0 Å². The van der Waals surface area contributed by atoms with Crippen molar-refractivity contribution >= 4 is 0 Å². The zero-order valence-corrected chi connectivity index (χ0v) is 37.6. The van der Waals surface area contributed by atoms with Crippen molar-refractivity contribution in [2.75, 3.05) is 52.9 Å². The molecule has 8 nitrogen and oxygen atoms in total. The second-order valence-electron chi connectivity index (χ2n) is 18.1. The van der Waals surface area contributed by atoms with Crippen LogP contribution in [0.5, 0.6) is 23.0 Å². The van der Waals surface area contributed by atoms with E-state index >= 15 is 0 Å². The average molecular weight is 823 g/mol. The lowest BCUT2D eigenvalue weighted by molar-refractivity contribution is -0.133. The first-order chi connectivity index (χ1) is 28.9. The fraction of sp³-hybridized carbons (Fsp3) is 0.538. The highest BCUT2D eigenvalue weighted by atomic mass is 16.7. The summed E-state index contributed by atoms with van der Waals surface area (Å²) in [5.41, 5.74) is 4.92. The lowest BCUT2D eigenvalue weighted by Crippen LogP contribution is -2.46. The van der Waals surface area contributed by atoms with Crippen molar-refractivity contribution < 1.29 is 37.9 Å². The molecular formula is C52H70O8. The Morgan fingerprint density at radius 2 is 0.767 bits per heavy atom. The van der Waals surface area contributed by atoms with Crippen LogP contribution in [-0.2, 0) is 29.8 Å². The van der Waals surface area contributed by atoms with Crippen LogP contribution in [0.1, 0.15) is 116 Å². The predicted molar refractivity (Wildman–Crippen MR) is 239 cm³/mol. The summed E-state index contributed by atoms with van der Waals surface area (Å²) in [7, 11) is 0. The molecule has 0 aliphatic carbocycles. The molecule has 0 amide bonds. The van der Waals surface area contributed by atoms with E-state index in [1.165, 1.54) is 22.3 Å². The molecule has 2 fully saturated rings. The molecule has 0 aromatic heterocycles. The van der Waals surface area contributed by atoms with E-state index in [1.807, 2.05) is 38.1 Å². The highest BCUT2D eigenvalue weighted by Gasteiger charge is 2.38. The van der Waals surface area contributed by atoms with Crippen molar-refractivity contribution in [2.24, 2.45) is 10.8 Å². The van der Waals surface area contributed by atoms with Gasteiger partial charge in [0.2, 0.25) is 0 Å². The van der Waals surface area contributed by atoms with Crippen molar-refractivity contribution in [3.05, 3.63) is 119 Å². The zero-order valence-electron chi connectivity index (χ0n) is 37.6. The monoisotopic (exact) mass is 823 g/mol. The van der Waals surface area contributed by atoms with E-state index in [0.717, 1.165) is 88.0 Å². The number of benzene rings is 4. The maximum atomic E-state index is 6.12. The summed E-state index contributed by atoms with van der Waals surface area (Å²) in [5, 5.41) is 0. The van der Waals surface area contributed by atoms with Gasteiger partial charge in [-0.3, -0.25) is 0 Å². The van der Waals surface area contributed by atoms with E-state index in [1.54, 1.807) is 0 Å². The first-order valence-corrected chi connectivity index (χ1v) is 22.3. The Morgan fingerprint density at radius 1 is 0.467 bits per heavy atom. The summed E-state index contributed by atoms with van der Waals surface area (Å²) in [6, 6.07) is 33.7. The summed E-state index contributed by atoms with van der Waals surface area (Å²) >= 11 is 0. The summed E-state index contributed by atoms with van der Waals surface area (Å²) in [6.07, 6.45) is 5.57. The molecular weight excluding hydrogens is 753 g/mol. The van der Waals surface area contributed by atoms with Gasteiger partial charge >= 0.3 is 0 Å². The van der Waals surface area contributed by atoms with Crippen LogP contribution in [0, 0.1) is 10.8 Å². The first kappa shape index (κ1) is 45.4. The summed E-state index contributed by atoms with van der Waals surface area (Å²) in [4.78, 5) is 0. The van der Waals surface area contributed by atoms with Crippen LogP contribution in [-0.4, -0.2) is 65.4 Å². The standard InChI is InChI=1S/C52H70O8/c1-9-51(33-53-34-51)37-57-45-23-15-41(16-24-45)49(5,6)43-19-27-47(28-20-43)59-39(3)55-31-13-11-12-14-32-56-40(4)60-48-29-21-44(22-30-48)50(7,8)42-17-25-46(26-18-42)58-38-52(10-2)35-54-36-52/h15-30,39-40H,9-14,31-38H2,1-8H3. The molecule has 2 heterocycles. The van der Waals surface area contributed by atoms with Crippen molar-refractivity contribution in [3.63, 3.8) is 0 Å². The maximum Gasteiger partial charge on any atom is 0.196 e. The molecule has 2 aliphatic rings. The molecule has 0 bridgehead atoms. The Labute approximate surface area is 360 Å². The lowest BCUT2D eigenvalue weighted by atomic mass is 9.78. The Hall–Kier alpha value is -4.08. The van der Waals surface area contributed by atoms with Gasteiger partial charge < -0.3 is 37.9 Å². The summed E-state index contributed by atoms with van der Waals surface area (Å²) < 4.78 is 47.2. The van der Waals surface area contributed by atoms with Crippen LogP contribution in [0.2, 0.25) is 0 Å². The topological polar surface area (TPSA) is 73.8 Å². The highest BCUT2D eigenvalue weighted by molar-refractivity contribution is 5.43. The molecule has 0 spiro atoms. The quantitative estimate of drug-likeness (QED) is 0.0483. The van der Waals surface area contributed by atoms with E-state index in [-0.39, 0.29) is 34.2 Å². The van der Waals surface area contributed by atoms with Gasteiger partial charge in [-0.15, -0.1) is 0 Å². The molecule has 0 radical (unpaired) electrons. The molecule has 4 aromatic carbocycles. The van der Waals surface area contributed by atoms with Crippen LogP contribution in [0.15, 0.2) is 97.1 Å². The van der Waals surface area contributed by atoms with E-state index in [0.29, 0.717) is 26.4 Å². The molecule has 4 aromatic rings. The largest absolute Gasteiger partial charge is 0.493 e. The third-order valence-corrected chi connectivity index (χ3v) is 12.9. The molecule has 2 atom stereocenters. The second kappa shape index (κ2) is 20.7. The minimum Gasteiger partial charge on any atom is -0.493 e. The van der Waals surface area contributed by atoms with E-state index in [2.05, 4.69) is 114 Å². The summed E-state index contributed by atoms with van der Waals surface area (Å²) in [5.74, 6) is 3.41. The van der Waals surface area contributed by atoms with Gasteiger partial charge in [0.1, 0.15) is 23.0 Å². The van der Waals surface area contributed by atoms with Crippen LogP contribution >= 0.6 is 0 Å². The lowest BCUT2D eigenvalue weighted by Gasteiger charge is -2.40.